The molecule has 25 heavy (non-hydrogen) atoms. The van der Waals surface area contributed by atoms with Gasteiger partial charge in [0.1, 0.15) is 0 Å². The number of aliphatic carboxylic acids is 2. The molecule has 3 N–H and O–H groups in total. The second-order valence-electron chi connectivity index (χ2n) is 6.76. The molecular weight excluding hydrogens is 320 g/mol. The molecule has 0 aliphatic rings. The average molecular weight is 361 g/mol. The van der Waals surface area contributed by atoms with Crippen LogP contribution in [-0.2, 0) is 9.59 Å². The number of aliphatic hydroxyl groups excluding tert-OH is 1. The summed E-state index contributed by atoms with van der Waals surface area (Å²) >= 11 is 0. The van der Waals surface area contributed by atoms with E-state index in [1.807, 2.05) is 0 Å². The fourth-order valence-electron chi connectivity index (χ4n) is 2.66. The van der Waals surface area contributed by atoms with E-state index in [1.54, 1.807) is 0 Å². The van der Waals surface area contributed by atoms with Crippen molar-refractivity contribution in [2.45, 2.75) is 116 Å². The molecule has 0 aromatic rings. The molecule has 0 aliphatic heterocycles. The smallest absolute Gasteiger partial charge is 0.332 e. The fourth-order valence-corrected chi connectivity index (χ4v) is 2.66. The lowest BCUT2D eigenvalue weighted by Crippen LogP contribution is -2.18. The number of rotatable bonds is 16. The van der Waals surface area contributed by atoms with E-state index in [2.05, 4.69) is 6.92 Å². The second-order valence-corrected chi connectivity index (χ2v) is 6.76. The van der Waals surface area contributed by atoms with Gasteiger partial charge in [0, 0.05) is 6.92 Å². The van der Waals surface area contributed by atoms with E-state index in [0.29, 0.717) is 6.42 Å². The van der Waals surface area contributed by atoms with Gasteiger partial charge in [0.2, 0.25) is 0 Å². The Morgan fingerprint density at radius 2 is 0.960 bits per heavy atom. The van der Waals surface area contributed by atoms with Gasteiger partial charge >= 0.3 is 5.97 Å². The molecule has 0 amide bonds. The van der Waals surface area contributed by atoms with Gasteiger partial charge in [-0.25, -0.2) is 4.79 Å². The Bertz CT molecular complexity index is 300. The molecule has 0 aliphatic carbocycles. The fraction of sp³-hybridized carbons (Fsp3) is 0.900. The van der Waals surface area contributed by atoms with E-state index in [-0.39, 0.29) is 0 Å². The first kappa shape index (κ1) is 26.1. The van der Waals surface area contributed by atoms with Gasteiger partial charge in [0.05, 0.1) is 0 Å². The van der Waals surface area contributed by atoms with Crippen molar-refractivity contribution in [1.82, 2.24) is 0 Å². The van der Waals surface area contributed by atoms with Gasteiger partial charge in [-0.05, 0) is 6.42 Å². The molecule has 1 atom stereocenters. The Morgan fingerprint density at radius 3 is 1.24 bits per heavy atom. The maximum absolute atomic E-state index is 10.4. The highest BCUT2D eigenvalue weighted by Gasteiger charge is 2.11. The zero-order valence-electron chi connectivity index (χ0n) is 16.3. The first-order valence-corrected chi connectivity index (χ1v) is 10.0. The summed E-state index contributed by atoms with van der Waals surface area (Å²) in [7, 11) is 0. The van der Waals surface area contributed by atoms with Crippen molar-refractivity contribution in [1.29, 1.82) is 0 Å². The first-order chi connectivity index (χ1) is 11.9. The van der Waals surface area contributed by atoms with Crippen molar-refractivity contribution >= 4 is 11.9 Å². The summed E-state index contributed by atoms with van der Waals surface area (Å²) in [6.45, 7) is 3.34. The highest BCUT2D eigenvalue weighted by Crippen LogP contribution is 2.13. The predicted molar refractivity (Wildman–Crippen MR) is 102 cm³/mol. The summed E-state index contributed by atoms with van der Waals surface area (Å²) in [4.78, 5) is 19.4. The summed E-state index contributed by atoms with van der Waals surface area (Å²) in [5.74, 6) is -1.93. The quantitative estimate of drug-likeness (QED) is 0.321. The molecule has 1 unspecified atom stereocenters. The zero-order valence-corrected chi connectivity index (χ0v) is 16.3. The lowest BCUT2D eigenvalue weighted by Gasteiger charge is -2.05. The molecule has 0 rings (SSSR count). The molecular formula is C20H40O5. The van der Waals surface area contributed by atoms with Crippen LogP contribution in [-0.4, -0.2) is 33.4 Å². The normalized spacial score (nSPS) is 11.5. The molecule has 150 valence electrons. The average Bonchev–Trinajstić information content (AvgIpc) is 2.54. The second kappa shape index (κ2) is 20.9. The lowest BCUT2D eigenvalue weighted by atomic mass is 10.0. The van der Waals surface area contributed by atoms with Crippen LogP contribution < -0.4 is 0 Å². The van der Waals surface area contributed by atoms with Gasteiger partial charge in [-0.2, -0.15) is 0 Å². The Balaban J connectivity index is 0. The van der Waals surface area contributed by atoms with Crippen LogP contribution in [0.3, 0.4) is 0 Å². The van der Waals surface area contributed by atoms with E-state index >= 15 is 0 Å². The van der Waals surface area contributed by atoms with Crippen LogP contribution in [0.15, 0.2) is 0 Å². The summed E-state index contributed by atoms with van der Waals surface area (Å²) < 4.78 is 0. The molecule has 5 heteroatoms. The largest absolute Gasteiger partial charge is 0.481 e. The Hall–Kier alpha value is -1.10. The molecule has 0 saturated heterocycles. The highest BCUT2D eigenvalue weighted by molar-refractivity contribution is 5.71. The number of aliphatic hydroxyl groups is 1. The third-order valence-electron chi connectivity index (χ3n) is 4.12. The maximum Gasteiger partial charge on any atom is 0.332 e. The number of hydrogen-bond donors (Lipinski definition) is 3. The summed E-state index contributed by atoms with van der Waals surface area (Å²) in [6.07, 6.45) is 17.3. The number of carbonyl (C=O) groups is 2. The maximum atomic E-state index is 10.4. The molecule has 0 bridgehead atoms. The van der Waals surface area contributed by atoms with Crippen molar-refractivity contribution < 1.29 is 24.9 Å². The first-order valence-electron chi connectivity index (χ1n) is 10.0. The molecule has 0 aromatic heterocycles. The van der Waals surface area contributed by atoms with Crippen LogP contribution in [0, 0.1) is 0 Å². The van der Waals surface area contributed by atoms with Crippen molar-refractivity contribution in [2.75, 3.05) is 0 Å². The lowest BCUT2D eigenvalue weighted by molar-refractivity contribution is -0.147. The van der Waals surface area contributed by atoms with E-state index in [4.69, 9.17) is 20.1 Å². The van der Waals surface area contributed by atoms with Crippen molar-refractivity contribution in [3.8, 4) is 0 Å². The molecule has 0 fully saturated rings. The van der Waals surface area contributed by atoms with Gasteiger partial charge in [-0.15, -0.1) is 0 Å². The summed E-state index contributed by atoms with van der Waals surface area (Å²) in [6, 6.07) is 0. The van der Waals surface area contributed by atoms with E-state index in [9.17, 15) is 4.79 Å². The molecule has 0 spiro atoms. The summed E-state index contributed by atoms with van der Waals surface area (Å²) in [5.41, 5.74) is 0. The monoisotopic (exact) mass is 360 g/mol. The van der Waals surface area contributed by atoms with Gasteiger partial charge in [0.15, 0.2) is 6.10 Å². The third-order valence-corrected chi connectivity index (χ3v) is 4.12. The van der Waals surface area contributed by atoms with E-state index in [0.717, 1.165) is 19.8 Å². The number of carboxylic acids is 2. The Kier molecular flexibility index (Phi) is 21.9. The minimum absolute atomic E-state index is 0.396. The minimum Gasteiger partial charge on any atom is -0.481 e. The number of carboxylic acid groups (broad SMARTS) is 2. The van der Waals surface area contributed by atoms with Gasteiger partial charge in [-0.3, -0.25) is 4.79 Å². The Morgan fingerprint density at radius 1 is 0.680 bits per heavy atom. The van der Waals surface area contributed by atoms with Crippen molar-refractivity contribution in [3.05, 3.63) is 0 Å². The van der Waals surface area contributed by atoms with Crippen LogP contribution in [0.2, 0.25) is 0 Å². The minimum atomic E-state index is -1.16. The van der Waals surface area contributed by atoms with Crippen LogP contribution in [0.1, 0.15) is 110 Å². The molecule has 0 saturated carbocycles. The van der Waals surface area contributed by atoms with Crippen LogP contribution in [0.4, 0.5) is 0 Å². The SMILES string of the molecule is CC(=O)O.CCCCCCCCCCCCCCCCC(O)C(=O)O. The number of hydrogen-bond acceptors (Lipinski definition) is 3. The third kappa shape index (κ3) is 28.0. The van der Waals surface area contributed by atoms with E-state index in [1.165, 1.54) is 77.0 Å². The number of unbranched alkanes of at least 4 members (excludes halogenated alkanes) is 13. The topological polar surface area (TPSA) is 94.8 Å². The predicted octanol–water partition coefficient (Wildman–Crippen LogP) is 5.39. The molecule has 5 nitrogen and oxygen atoms in total. The van der Waals surface area contributed by atoms with Crippen LogP contribution >= 0.6 is 0 Å². The van der Waals surface area contributed by atoms with Gasteiger partial charge < -0.3 is 15.3 Å². The van der Waals surface area contributed by atoms with Crippen LogP contribution in [0.25, 0.3) is 0 Å². The standard InChI is InChI=1S/C18H36O3.C2H4O2/c1-2-3-4-5-6-7-8-9-10-11-12-13-14-15-16-17(19)18(20)21;1-2(3)4/h17,19H,2-16H2,1H3,(H,20,21);1H3,(H,3,4). The molecule has 0 radical (unpaired) electrons. The summed E-state index contributed by atoms with van der Waals surface area (Å²) in [5, 5.41) is 25.1. The van der Waals surface area contributed by atoms with Gasteiger partial charge in [-0.1, -0.05) is 96.8 Å². The molecule has 0 aromatic carbocycles. The van der Waals surface area contributed by atoms with E-state index < -0.39 is 18.0 Å². The van der Waals surface area contributed by atoms with Crippen molar-refractivity contribution in [2.24, 2.45) is 0 Å². The highest BCUT2D eigenvalue weighted by atomic mass is 16.4. The van der Waals surface area contributed by atoms with Gasteiger partial charge in [0.25, 0.3) is 5.97 Å². The zero-order chi connectivity index (χ0) is 19.3. The van der Waals surface area contributed by atoms with Crippen LogP contribution in [0.5, 0.6) is 0 Å². The molecule has 0 heterocycles. The van der Waals surface area contributed by atoms with Crippen molar-refractivity contribution in [3.63, 3.8) is 0 Å². The Labute approximate surface area is 153 Å².